The lowest BCUT2D eigenvalue weighted by molar-refractivity contribution is -0.385. The summed E-state index contributed by atoms with van der Waals surface area (Å²) in [6.07, 6.45) is 1.09. The van der Waals surface area contributed by atoms with Gasteiger partial charge in [-0.05, 0) is 24.0 Å². The van der Waals surface area contributed by atoms with Crippen LogP contribution in [0.1, 0.15) is 23.6 Å². The molecule has 0 saturated carbocycles. The number of rotatable bonds is 5. The van der Waals surface area contributed by atoms with E-state index in [1.807, 2.05) is 13.0 Å². The lowest BCUT2D eigenvalue weighted by atomic mass is 9.97. The summed E-state index contributed by atoms with van der Waals surface area (Å²) >= 11 is 0. The zero-order chi connectivity index (χ0) is 15.4. The molecule has 0 spiro atoms. The average molecular weight is 286 g/mol. The predicted molar refractivity (Wildman–Crippen MR) is 78.4 cm³/mol. The van der Waals surface area contributed by atoms with Crippen LogP contribution in [0.2, 0.25) is 0 Å². The van der Waals surface area contributed by atoms with Gasteiger partial charge in [0.1, 0.15) is 0 Å². The van der Waals surface area contributed by atoms with Crippen LogP contribution in [0, 0.1) is 20.2 Å². The standard InChI is InChI=1S/C15H14N2O4/c1-2-14-12(4-3-5-15(14)17(20)21)10-11-6-8-13(9-7-11)16(18)19/h3-9H,2,10H2,1H3. The Balaban J connectivity index is 2.33. The monoisotopic (exact) mass is 286 g/mol. The first-order chi connectivity index (χ1) is 10.0. The molecule has 0 bridgehead atoms. The molecule has 0 fully saturated rings. The first-order valence-corrected chi connectivity index (χ1v) is 6.51. The SMILES string of the molecule is CCc1c(Cc2ccc([N+](=O)[O-])cc2)cccc1[N+](=O)[O-]. The van der Waals surface area contributed by atoms with Crippen molar-refractivity contribution >= 4 is 11.4 Å². The number of non-ortho nitro benzene ring substituents is 1. The maximum absolute atomic E-state index is 11.0. The van der Waals surface area contributed by atoms with E-state index < -0.39 is 4.92 Å². The second-order valence-corrected chi connectivity index (χ2v) is 4.63. The molecule has 2 aromatic carbocycles. The largest absolute Gasteiger partial charge is 0.272 e. The van der Waals surface area contributed by atoms with Crippen LogP contribution in [-0.2, 0) is 12.8 Å². The molecule has 0 aliphatic rings. The van der Waals surface area contributed by atoms with Crippen molar-refractivity contribution in [3.8, 4) is 0 Å². The Hall–Kier alpha value is -2.76. The Kier molecular flexibility index (Phi) is 4.27. The van der Waals surface area contributed by atoms with Crippen LogP contribution in [0.5, 0.6) is 0 Å². The van der Waals surface area contributed by atoms with E-state index in [0.29, 0.717) is 18.4 Å². The van der Waals surface area contributed by atoms with Gasteiger partial charge in [0.25, 0.3) is 11.4 Å². The number of hydrogen-bond donors (Lipinski definition) is 0. The van der Waals surface area contributed by atoms with Gasteiger partial charge in [0, 0.05) is 23.8 Å². The fraction of sp³-hybridized carbons (Fsp3) is 0.200. The normalized spacial score (nSPS) is 10.3. The molecular weight excluding hydrogens is 272 g/mol. The molecular formula is C15H14N2O4. The van der Waals surface area contributed by atoms with Gasteiger partial charge >= 0.3 is 0 Å². The highest BCUT2D eigenvalue weighted by Gasteiger charge is 2.16. The Bertz CT molecular complexity index is 681. The summed E-state index contributed by atoms with van der Waals surface area (Å²) < 4.78 is 0. The van der Waals surface area contributed by atoms with E-state index >= 15 is 0 Å². The molecule has 21 heavy (non-hydrogen) atoms. The molecule has 0 atom stereocenters. The lowest BCUT2D eigenvalue weighted by Crippen LogP contribution is -2.00. The number of benzene rings is 2. The lowest BCUT2D eigenvalue weighted by Gasteiger charge is -2.08. The highest BCUT2D eigenvalue weighted by Crippen LogP contribution is 2.25. The Morgan fingerprint density at radius 3 is 2.14 bits per heavy atom. The van der Waals surface area contributed by atoms with Crippen LogP contribution in [0.4, 0.5) is 11.4 Å². The van der Waals surface area contributed by atoms with Gasteiger partial charge in [0.05, 0.1) is 9.85 Å². The summed E-state index contributed by atoms with van der Waals surface area (Å²) in [6, 6.07) is 11.3. The van der Waals surface area contributed by atoms with Gasteiger partial charge in [-0.2, -0.15) is 0 Å². The molecule has 0 unspecified atom stereocenters. The van der Waals surface area contributed by atoms with Gasteiger partial charge in [-0.1, -0.05) is 31.2 Å². The molecule has 108 valence electrons. The fourth-order valence-corrected chi connectivity index (χ4v) is 2.32. The zero-order valence-corrected chi connectivity index (χ0v) is 11.5. The van der Waals surface area contributed by atoms with E-state index in [4.69, 9.17) is 0 Å². The smallest absolute Gasteiger partial charge is 0.258 e. The van der Waals surface area contributed by atoms with Gasteiger partial charge in [0.2, 0.25) is 0 Å². The van der Waals surface area contributed by atoms with Crippen LogP contribution in [0.15, 0.2) is 42.5 Å². The fourth-order valence-electron chi connectivity index (χ4n) is 2.32. The molecule has 2 aromatic rings. The number of nitrogens with zero attached hydrogens (tertiary/aromatic N) is 2. The van der Waals surface area contributed by atoms with Crippen molar-refractivity contribution in [3.63, 3.8) is 0 Å². The summed E-state index contributed by atoms with van der Waals surface area (Å²) in [5, 5.41) is 21.7. The van der Waals surface area contributed by atoms with Crippen LogP contribution in [-0.4, -0.2) is 9.85 Å². The van der Waals surface area contributed by atoms with Gasteiger partial charge in [0.15, 0.2) is 0 Å². The first kappa shape index (κ1) is 14.6. The molecule has 0 aliphatic heterocycles. The van der Waals surface area contributed by atoms with E-state index in [-0.39, 0.29) is 16.3 Å². The Labute approximate surface area is 121 Å². The van der Waals surface area contributed by atoms with Crippen molar-refractivity contribution in [2.24, 2.45) is 0 Å². The summed E-state index contributed by atoms with van der Waals surface area (Å²) in [4.78, 5) is 20.8. The van der Waals surface area contributed by atoms with Crippen molar-refractivity contribution in [2.75, 3.05) is 0 Å². The van der Waals surface area contributed by atoms with Crippen LogP contribution >= 0.6 is 0 Å². The molecule has 6 nitrogen and oxygen atoms in total. The second-order valence-electron chi connectivity index (χ2n) is 4.63. The van der Waals surface area contributed by atoms with Gasteiger partial charge in [-0.3, -0.25) is 20.2 Å². The zero-order valence-electron chi connectivity index (χ0n) is 11.5. The number of nitro groups is 2. The van der Waals surface area contributed by atoms with Crippen molar-refractivity contribution in [1.29, 1.82) is 0 Å². The molecule has 0 aromatic heterocycles. The minimum absolute atomic E-state index is 0.0357. The van der Waals surface area contributed by atoms with Crippen LogP contribution in [0.3, 0.4) is 0 Å². The maximum Gasteiger partial charge on any atom is 0.272 e. The highest BCUT2D eigenvalue weighted by molar-refractivity contribution is 5.47. The highest BCUT2D eigenvalue weighted by atomic mass is 16.6. The quantitative estimate of drug-likeness (QED) is 0.620. The van der Waals surface area contributed by atoms with Gasteiger partial charge in [-0.25, -0.2) is 0 Å². The Morgan fingerprint density at radius 1 is 0.952 bits per heavy atom. The number of nitro benzene ring substituents is 2. The third-order valence-corrected chi connectivity index (χ3v) is 3.34. The van der Waals surface area contributed by atoms with E-state index in [1.54, 1.807) is 18.2 Å². The van der Waals surface area contributed by atoms with Gasteiger partial charge in [-0.15, -0.1) is 0 Å². The van der Waals surface area contributed by atoms with E-state index in [9.17, 15) is 20.2 Å². The minimum Gasteiger partial charge on any atom is -0.258 e. The van der Waals surface area contributed by atoms with Crippen molar-refractivity contribution in [1.82, 2.24) is 0 Å². The summed E-state index contributed by atoms with van der Waals surface area (Å²) in [7, 11) is 0. The van der Waals surface area contributed by atoms with Crippen LogP contribution < -0.4 is 0 Å². The molecule has 2 rings (SSSR count). The summed E-state index contributed by atoms with van der Waals surface area (Å²) in [5.41, 5.74) is 2.63. The summed E-state index contributed by atoms with van der Waals surface area (Å²) in [6.45, 7) is 1.88. The molecule has 0 radical (unpaired) electrons. The minimum atomic E-state index is -0.450. The average Bonchev–Trinajstić information content (AvgIpc) is 2.47. The van der Waals surface area contributed by atoms with Crippen molar-refractivity contribution < 1.29 is 9.85 Å². The molecule has 0 heterocycles. The van der Waals surface area contributed by atoms with Crippen molar-refractivity contribution in [2.45, 2.75) is 19.8 Å². The first-order valence-electron chi connectivity index (χ1n) is 6.51. The molecule has 0 amide bonds. The van der Waals surface area contributed by atoms with Gasteiger partial charge < -0.3 is 0 Å². The molecule has 0 aliphatic carbocycles. The van der Waals surface area contributed by atoms with Crippen molar-refractivity contribution in [3.05, 3.63) is 79.4 Å². The molecule has 6 heteroatoms. The third-order valence-electron chi connectivity index (χ3n) is 3.34. The van der Waals surface area contributed by atoms with Crippen LogP contribution in [0.25, 0.3) is 0 Å². The Morgan fingerprint density at radius 2 is 1.62 bits per heavy atom. The van der Waals surface area contributed by atoms with E-state index in [1.165, 1.54) is 18.2 Å². The maximum atomic E-state index is 11.0. The third kappa shape index (κ3) is 3.22. The van der Waals surface area contributed by atoms with E-state index in [2.05, 4.69) is 0 Å². The van der Waals surface area contributed by atoms with E-state index in [0.717, 1.165) is 11.1 Å². The molecule has 0 N–H and O–H groups in total. The summed E-state index contributed by atoms with van der Waals surface area (Å²) in [5.74, 6) is 0. The number of hydrogen-bond acceptors (Lipinski definition) is 4. The topological polar surface area (TPSA) is 86.3 Å². The molecule has 0 saturated heterocycles. The second kappa shape index (κ2) is 6.13. The predicted octanol–water partition coefficient (Wildman–Crippen LogP) is 3.66.